The standard InChI is InChI=1S/C13H15N3O4/c1-3-13(2)11(19)16(12(20)15-13)14-7-8-5-4-6-9(17)10(8)18/h4-7,17-18H,3H2,1-2H3,(H,15,20)/b14-7+/t13-/m0/s1. The van der Waals surface area contributed by atoms with Crippen molar-refractivity contribution < 1.29 is 19.8 Å². The molecular formula is C13H15N3O4. The number of nitrogens with zero attached hydrogens (tertiary/aromatic N) is 2. The Balaban J connectivity index is 2.26. The molecule has 0 spiro atoms. The first-order valence-corrected chi connectivity index (χ1v) is 6.10. The second-order valence-electron chi connectivity index (χ2n) is 4.69. The molecule has 3 amide bonds. The SMILES string of the molecule is CC[C@]1(C)NC(=O)N(/N=C/c2cccc(O)c2O)C1=O. The van der Waals surface area contributed by atoms with Crippen LogP contribution in [-0.2, 0) is 4.79 Å². The third-order valence-corrected chi connectivity index (χ3v) is 3.30. The summed E-state index contributed by atoms with van der Waals surface area (Å²) in [6.07, 6.45) is 1.59. The molecule has 1 fully saturated rings. The molecule has 2 rings (SSSR count). The van der Waals surface area contributed by atoms with Crippen LogP contribution in [0.5, 0.6) is 11.5 Å². The van der Waals surface area contributed by atoms with Crippen LogP contribution in [0.15, 0.2) is 23.3 Å². The molecular weight excluding hydrogens is 262 g/mol. The van der Waals surface area contributed by atoms with E-state index in [1.165, 1.54) is 18.2 Å². The normalized spacial score (nSPS) is 22.6. The van der Waals surface area contributed by atoms with Crippen molar-refractivity contribution >= 4 is 18.2 Å². The second kappa shape index (κ2) is 4.84. The van der Waals surface area contributed by atoms with Gasteiger partial charge in [0, 0.05) is 5.56 Å². The average Bonchev–Trinajstić information content (AvgIpc) is 2.63. The van der Waals surface area contributed by atoms with E-state index in [2.05, 4.69) is 10.4 Å². The molecule has 7 nitrogen and oxygen atoms in total. The molecule has 0 unspecified atom stereocenters. The summed E-state index contributed by atoms with van der Waals surface area (Å²) in [7, 11) is 0. The van der Waals surface area contributed by atoms with Crippen LogP contribution in [0.1, 0.15) is 25.8 Å². The summed E-state index contributed by atoms with van der Waals surface area (Å²) in [5.41, 5.74) is -0.759. The fraction of sp³-hybridized carbons (Fsp3) is 0.308. The number of phenolic OH excluding ortho intramolecular Hbond substituents is 2. The minimum Gasteiger partial charge on any atom is -0.504 e. The predicted molar refractivity (Wildman–Crippen MR) is 71.4 cm³/mol. The van der Waals surface area contributed by atoms with Crippen LogP contribution < -0.4 is 5.32 Å². The summed E-state index contributed by atoms with van der Waals surface area (Å²) >= 11 is 0. The highest BCUT2D eigenvalue weighted by Crippen LogP contribution is 2.27. The molecule has 20 heavy (non-hydrogen) atoms. The lowest BCUT2D eigenvalue weighted by Crippen LogP contribution is -2.42. The molecule has 0 saturated carbocycles. The fourth-order valence-corrected chi connectivity index (χ4v) is 1.79. The lowest BCUT2D eigenvalue weighted by molar-refractivity contribution is -0.130. The number of hydrogen-bond acceptors (Lipinski definition) is 5. The first-order chi connectivity index (χ1) is 9.39. The van der Waals surface area contributed by atoms with Gasteiger partial charge in [-0.15, -0.1) is 5.01 Å². The van der Waals surface area contributed by atoms with Crippen LogP contribution in [0, 0.1) is 0 Å². The Labute approximate surface area is 115 Å². The molecule has 0 radical (unpaired) electrons. The third-order valence-electron chi connectivity index (χ3n) is 3.30. The Morgan fingerprint density at radius 1 is 1.40 bits per heavy atom. The summed E-state index contributed by atoms with van der Waals surface area (Å²) in [5.74, 6) is -1.12. The third kappa shape index (κ3) is 2.18. The zero-order valence-electron chi connectivity index (χ0n) is 11.1. The fourth-order valence-electron chi connectivity index (χ4n) is 1.79. The number of phenols is 2. The Morgan fingerprint density at radius 2 is 2.10 bits per heavy atom. The number of hydrazone groups is 1. The van der Waals surface area contributed by atoms with Gasteiger partial charge in [0.15, 0.2) is 11.5 Å². The Hall–Kier alpha value is -2.57. The van der Waals surface area contributed by atoms with Crippen molar-refractivity contribution in [2.75, 3.05) is 0 Å². The van der Waals surface area contributed by atoms with Crippen molar-refractivity contribution in [2.24, 2.45) is 5.10 Å². The highest BCUT2D eigenvalue weighted by atomic mass is 16.3. The van der Waals surface area contributed by atoms with Gasteiger partial charge in [-0.3, -0.25) is 4.79 Å². The highest BCUT2D eigenvalue weighted by Gasteiger charge is 2.46. The van der Waals surface area contributed by atoms with Gasteiger partial charge in [0.1, 0.15) is 5.54 Å². The van der Waals surface area contributed by atoms with Crippen LogP contribution in [-0.4, -0.2) is 38.9 Å². The number of carbonyl (C=O) groups is 2. The predicted octanol–water partition coefficient (Wildman–Crippen LogP) is 1.15. The van der Waals surface area contributed by atoms with E-state index >= 15 is 0 Å². The van der Waals surface area contributed by atoms with E-state index in [0.717, 1.165) is 6.21 Å². The number of nitrogens with one attached hydrogen (secondary N) is 1. The maximum atomic E-state index is 12.1. The highest BCUT2D eigenvalue weighted by molar-refractivity contribution is 6.07. The van der Waals surface area contributed by atoms with Gasteiger partial charge in [-0.25, -0.2) is 4.79 Å². The number of para-hydroxylation sites is 1. The monoisotopic (exact) mass is 277 g/mol. The smallest absolute Gasteiger partial charge is 0.346 e. The number of aromatic hydroxyl groups is 2. The van der Waals surface area contributed by atoms with Gasteiger partial charge in [0.05, 0.1) is 6.21 Å². The van der Waals surface area contributed by atoms with Gasteiger partial charge < -0.3 is 15.5 Å². The molecule has 1 atom stereocenters. The van der Waals surface area contributed by atoms with Crippen molar-refractivity contribution in [1.82, 2.24) is 10.3 Å². The van der Waals surface area contributed by atoms with Crippen molar-refractivity contribution in [3.05, 3.63) is 23.8 Å². The largest absolute Gasteiger partial charge is 0.504 e. The molecule has 1 aliphatic rings. The zero-order chi connectivity index (χ0) is 14.9. The number of amides is 3. The molecule has 1 aliphatic heterocycles. The summed E-state index contributed by atoms with van der Waals surface area (Å²) in [6.45, 7) is 3.40. The molecule has 7 heteroatoms. The minimum atomic E-state index is -0.963. The van der Waals surface area contributed by atoms with E-state index < -0.39 is 17.5 Å². The topological polar surface area (TPSA) is 102 Å². The zero-order valence-corrected chi connectivity index (χ0v) is 11.1. The maximum Gasteiger partial charge on any atom is 0.346 e. The van der Waals surface area contributed by atoms with Crippen LogP contribution in [0.4, 0.5) is 4.79 Å². The number of urea groups is 1. The summed E-state index contributed by atoms with van der Waals surface area (Å²) in [5, 5.41) is 26.0. The quantitative estimate of drug-likeness (QED) is 0.438. The molecule has 1 aromatic carbocycles. The van der Waals surface area contributed by atoms with Gasteiger partial charge in [0.25, 0.3) is 5.91 Å². The van der Waals surface area contributed by atoms with Crippen molar-refractivity contribution in [1.29, 1.82) is 0 Å². The van der Waals surface area contributed by atoms with Gasteiger partial charge in [-0.05, 0) is 25.5 Å². The van der Waals surface area contributed by atoms with Gasteiger partial charge in [-0.2, -0.15) is 5.10 Å². The van der Waals surface area contributed by atoms with Gasteiger partial charge in [0.2, 0.25) is 0 Å². The van der Waals surface area contributed by atoms with Gasteiger partial charge in [-0.1, -0.05) is 13.0 Å². The summed E-state index contributed by atoms with van der Waals surface area (Å²) < 4.78 is 0. The van der Waals surface area contributed by atoms with E-state index in [9.17, 15) is 19.8 Å². The number of rotatable bonds is 3. The lowest BCUT2D eigenvalue weighted by atomic mass is 10.00. The van der Waals surface area contributed by atoms with E-state index in [4.69, 9.17) is 0 Å². The first kappa shape index (κ1) is 13.9. The van der Waals surface area contributed by atoms with Crippen molar-refractivity contribution in [3.63, 3.8) is 0 Å². The molecule has 106 valence electrons. The molecule has 1 saturated heterocycles. The molecule has 1 aromatic rings. The molecule has 1 heterocycles. The van der Waals surface area contributed by atoms with Crippen LogP contribution in [0.3, 0.4) is 0 Å². The van der Waals surface area contributed by atoms with E-state index in [0.29, 0.717) is 11.4 Å². The molecule has 0 aromatic heterocycles. The molecule has 0 bridgehead atoms. The summed E-state index contributed by atoms with van der Waals surface area (Å²) in [6, 6.07) is 3.71. The number of carbonyl (C=O) groups excluding carboxylic acids is 2. The van der Waals surface area contributed by atoms with E-state index in [-0.39, 0.29) is 17.1 Å². The van der Waals surface area contributed by atoms with Crippen molar-refractivity contribution in [2.45, 2.75) is 25.8 Å². The summed E-state index contributed by atoms with van der Waals surface area (Å²) in [4.78, 5) is 23.8. The Morgan fingerprint density at radius 3 is 2.70 bits per heavy atom. The second-order valence-corrected chi connectivity index (χ2v) is 4.69. The lowest BCUT2D eigenvalue weighted by Gasteiger charge is -2.17. The van der Waals surface area contributed by atoms with Crippen LogP contribution in [0.2, 0.25) is 0 Å². The van der Waals surface area contributed by atoms with Crippen LogP contribution in [0.25, 0.3) is 0 Å². The first-order valence-electron chi connectivity index (χ1n) is 6.10. The van der Waals surface area contributed by atoms with Crippen molar-refractivity contribution in [3.8, 4) is 11.5 Å². The van der Waals surface area contributed by atoms with Crippen LogP contribution >= 0.6 is 0 Å². The van der Waals surface area contributed by atoms with Gasteiger partial charge >= 0.3 is 6.03 Å². The minimum absolute atomic E-state index is 0.204. The molecule has 0 aliphatic carbocycles. The Bertz CT molecular complexity index is 599. The average molecular weight is 277 g/mol. The number of imide groups is 1. The number of benzene rings is 1. The number of hydrogen-bond donors (Lipinski definition) is 3. The van der Waals surface area contributed by atoms with E-state index in [1.54, 1.807) is 13.8 Å². The van der Waals surface area contributed by atoms with E-state index in [1.807, 2.05) is 0 Å². The molecule has 3 N–H and O–H groups in total. The Kier molecular flexibility index (Phi) is 3.35. The maximum absolute atomic E-state index is 12.1.